The molecule has 0 rings (SSSR count). The molecule has 1 amide bonds. The second-order valence-electron chi connectivity index (χ2n) is 3.65. The summed E-state index contributed by atoms with van der Waals surface area (Å²) in [5, 5.41) is 11.4. The van der Waals surface area contributed by atoms with Gasteiger partial charge in [0.1, 0.15) is 5.92 Å². The van der Waals surface area contributed by atoms with Crippen LogP contribution in [0.4, 0.5) is 0 Å². The molecule has 4 heteroatoms. The average Bonchev–Trinajstić information content (AvgIpc) is 2.18. The molecule has 0 saturated carbocycles. The molecule has 0 fully saturated rings. The lowest BCUT2D eigenvalue weighted by Gasteiger charge is -2.09. The normalized spacial score (nSPS) is 12.2. The van der Waals surface area contributed by atoms with Crippen molar-refractivity contribution in [3.05, 3.63) is 0 Å². The van der Waals surface area contributed by atoms with Crippen molar-refractivity contribution in [3.63, 3.8) is 0 Å². The third-order valence-electron chi connectivity index (χ3n) is 1.95. The Kier molecular flexibility index (Phi) is 7.65. The van der Waals surface area contributed by atoms with E-state index in [4.69, 9.17) is 10.00 Å². The molecule has 15 heavy (non-hydrogen) atoms. The molecule has 0 radical (unpaired) electrons. The second kappa shape index (κ2) is 8.25. The first-order valence-corrected chi connectivity index (χ1v) is 5.40. The molecule has 1 N–H and O–H groups in total. The topological polar surface area (TPSA) is 62.1 Å². The minimum Gasteiger partial charge on any atom is -0.379 e. The lowest BCUT2D eigenvalue weighted by Crippen LogP contribution is -2.31. The van der Waals surface area contributed by atoms with Gasteiger partial charge in [0, 0.05) is 13.2 Å². The maximum atomic E-state index is 11.3. The third-order valence-corrected chi connectivity index (χ3v) is 1.95. The average molecular weight is 212 g/mol. The highest BCUT2D eigenvalue weighted by Crippen LogP contribution is 1.99. The van der Waals surface area contributed by atoms with Crippen molar-refractivity contribution in [2.75, 3.05) is 13.2 Å². The van der Waals surface area contributed by atoms with Gasteiger partial charge in [-0.15, -0.1) is 0 Å². The van der Waals surface area contributed by atoms with Gasteiger partial charge >= 0.3 is 0 Å². The van der Waals surface area contributed by atoms with E-state index in [9.17, 15) is 4.79 Å². The van der Waals surface area contributed by atoms with Crippen molar-refractivity contribution in [1.29, 1.82) is 5.26 Å². The minimum absolute atomic E-state index is 0.176. The molecule has 0 aromatic carbocycles. The van der Waals surface area contributed by atoms with E-state index in [0.717, 1.165) is 6.42 Å². The number of amides is 1. The molecule has 0 bridgehead atoms. The number of nitriles is 1. The number of ether oxygens (including phenoxy) is 1. The number of carbonyl (C=O) groups excluding carboxylic acids is 1. The van der Waals surface area contributed by atoms with E-state index in [-0.39, 0.29) is 12.0 Å². The highest BCUT2D eigenvalue weighted by Gasteiger charge is 2.13. The number of nitrogens with one attached hydrogen (secondary N) is 1. The number of rotatable bonds is 7. The van der Waals surface area contributed by atoms with Gasteiger partial charge in [-0.25, -0.2) is 0 Å². The molecular weight excluding hydrogens is 192 g/mol. The van der Waals surface area contributed by atoms with Crippen molar-refractivity contribution in [1.82, 2.24) is 5.32 Å². The number of hydrogen-bond donors (Lipinski definition) is 1. The fourth-order valence-corrected chi connectivity index (χ4v) is 1.06. The Morgan fingerprint density at radius 2 is 2.20 bits per heavy atom. The molecule has 0 aromatic rings. The molecule has 0 heterocycles. The van der Waals surface area contributed by atoms with E-state index in [1.54, 1.807) is 0 Å². The summed E-state index contributed by atoms with van der Waals surface area (Å²) in [5.41, 5.74) is 0. The summed E-state index contributed by atoms with van der Waals surface area (Å²) in [4.78, 5) is 11.3. The maximum Gasteiger partial charge on any atom is 0.237 e. The lowest BCUT2D eigenvalue weighted by molar-refractivity contribution is -0.123. The summed E-state index contributed by atoms with van der Waals surface area (Å²) < 4.78 is 5.32. The second-order valence-corrected chi connectivity index (χ2v) is 3.65. The summed E-state index contributed by atoms with van der Waals surface area (Å²) >= 11 is 0. The minimum atomic E-state index is -0.518. The van der Waals surface area contributed by atoms with Gasteiger partial charge in [-0.05, 0) is 26.7 Å². The standard InChI is InChI=1S/C11H20N2O2/c1-4-10(8-12)11(14)13-6-5-7-15-9(2)3/h9-10H,4-7H2,1-3H3,(H,13,14). The molecule has 0 aliphatic rings. The van der Waals surface area contributed by atoms with E-state index in [1.807, 2.05) is 26.8 Å². The lowest BCUT2D eigenvalue weighted by atomic mass is 10.1. The number of carbonyl (C=O) groups is 1. The fraction of sp³-hybridized carbons (Fsp3) is 0.818. The molecule has 0 spiro atoms. The summed E-state index contributed by atoms with van der Waals surface area (Å²) in [7, 11) is 0. The van der Waals surface area contributed by atoms with Crippen LogP contribution in [0.1, 0.15) is 33.6 Å². The zero-order valence-corrected chi connectivity index (χ0v) is 9.75. The molecule has 0 aliphatic carbocycles. The van der Waals surface area contributed by atoms with Crippen molar-refractivity contribution >= 4 is 5.91 Å². The van der Waals surface area contributed by atoms with Crippen molar-refractivity contribution in [2.24, 2.45) is 5.92 Å². The van der Waals surface area contributed by atoms with Crippen molar-refractivity contribution in [3.8, 4) is 6.07 Å². The van der Waals surface area contributed by atoms with Crippen LogP contribution in [0, 0.1) is 17.2 Å². The first kappa shape index (κ1) is 13.9. The van der Waals surface area contributed by atoms with Gasteiger partial charge in [0.05, 0.1) is 12.2 Å². The Morgan fingerprint density at radius 1 is 1.53 bits per heavy atom. The Bertz CT molecular complexity index is 221. The monoisotopic (exact) mass is 212 g/mol. The molecule has 0 aliphatic heterocycles. The molecule has 4 nitrogen and oxygen atoms in total. The van der Waals surface area contributed by atoms with Crippen LogP contribution in [0.5, 0.6) is 0 Å². The van der Waals surface area contributed by atoms with Crippen LogP contribution in [0.3, 0.4) is 0 Å². The predicted molar refractivity (Wildman–Crippen MR) is 58.1 cm³/mol. The molecule has 0 saturated heterocycles. The quantitative estimate of drug-likeness (QED) is 0.650. The van der Waals surface area contributed by atoms with E-state index in [0.29, 0.717) is 19.6 Å². The fourth-order valence-electron chi connectivity index (χ4n) is 1.06. The van der Waals surface area contributed by atoms with Gasteiger partial charge in [-0.1, -0.05) is 6.92 Å². The van der Waals surface area contributed by atoms with Crippen LogP contribution < -0.4 is 5.32 Å². The van der Waals surface area contributed by atoms with Gasteiger partial charge in [0.25, 0.3) is 0 Å². The summed E-state index contributed by atoms with van der Waals surface area (Å²) in [6.45, 7) is 6.99. The van der Waals surface area contributed by atoms with Crippen molar-refractivity contribution in [2.45, 2.75) is 39.7 Å². The first-order chi connectivity index (χ1) is 7.11. The van der Waals surface area contributed by atoms with Gasteiger partial charge in [-0.3, -0.25) is 4.79 Å². The molecular formula is C11H20N2O2. The van der Waals surface area contributed by atoms with Crippen LogP contribution in [-0.2, 0) is 9.53 Å². The van der Waals surface area contributed by atoms with Gasteiger partial charge in [-0.2, -0.15) is 5.26 Å². The molecule has 0 aromatic heterocycles. The largest absolute Gasteiger partial charge is 0.379 e. The Labute approximate surface area is 91.6 Å². The maximum absolute atomic E-state index is 11.3. The van der Waals surface area contributed by atoms with Crippen LogP contribution in [0.2, 0.25) is 0 Å². The van der Waals surface area contributed by atoms with Crippen LogP contribution in [-0.4, -0.2) is 25.2 Å². The number of hydrogen-bond acceptors (Lipinski definition) is 3. The SMILES string of the molecule is CCC(C#N)C(=O)NCCCOC(C)C. The van der Waals surface area contributed by atoms with Crippen molar-refractivity contribution < 1.29 is 9.53 Å². The highest BCUT2D eigenvalue weighted by atomic mass is 16.5. The molecule has 1 unspecified atom stereocenters. The zero-order valence-electron chi connectivity index (χ0n) is 9.75. The van der Waals surface area contributed by atoms with E-state index >= 15 is 0 Å². The third kappa shape index (κ3) is 6.92. The molecule has 86 valence electrons. The summed E-state index contributed by atoms with van der Waals surface area (Å²) in [5.74, 6) is -0.694. The predicted octanol–water partition coefficient (Wildman–Crippen LogP) is 1.47. The zero-order chi connectivity index (χ0) is 11.7. The first-order valence-electron chi connectivity index (χ1n) is 5.40. The van der Waals surface area contributed by atoms with Crippen LogP contribution >= 0.6 is 0 Å². The Balaban J connectivity index is 3.51. The van der Waals surface area contributed by atoms with Gasteiger partial charge in [0.15, 0.2) is 0 Å². The van der Waals surface area contributed by atoms with E-state index in [2.05, 4.69) is 5.32 Å². The smallest absolute Gasteiger partial charge is 0.237 e. The summed E-state index contributed by atoms with van der Waals surface area (Å²) in [6, 6.07) is 1.97. The Morgan fingerprint density at radius 3 is 2.67 bits per heavy atom. The van der Waals surface area contributed by atoms with Crippen LogP contribution in [0.25, 0.3) is 0 Å². The Hall–Kier alpha value is -1.08. The van der Waals surface area contributed by atoms with E-state index in [1.165, 1.54) is 0 Å². The van der Waals surface area contributed by atoms with Gasteiger partial charge in [0.2, 0.25) is 5.91 Å². The van der Waals surface area contributed by atoms with Gasteiger partial charge < -0.3 is 10.1 Å². The number of nitrogens with zero attached hydrogens (tertiary/aromatic N) is 1. The van der Waals surface area contributed by atoms with Crippen LogP contribution in [0.15, 0.2) is 0 Å². The van der Waals surface area contributed by atoms with E-state index < -0.39 is 5.92 Å². The molecule has 1 atom stereocenters. The highest BCUT2D eigenvalue weighted by molar-refractivity contribution is 5.80. The summed E-state index contributed by atoms with van der Waals surface area (Å²) in [6.07, 6.45) is 1.57.